The first-order chi connectivity index (χ1) is 16.4. The second-order valence-corrected chi connectivity index (χ2v) is 8.32. The first-order valence-electron chi connectivity index (χ1n) is 11.4. The average Bonchev–Trinajstić information content (AvgIpc) is 2.86. The monoisotopic (exact) mass is 463 g/mol. The highest BCUT2D eigenvalue weighted by molar-refractivity contribution is 5.97. The lowest BCUT2D eigenvalue weighted by Gasteiger charge is -2.40. The summed E-state index contributed by atoms with van der Waals surface area (Å²) in [6, 6.07) is 19.5. The Balaban J connectivity index is 1.49. The van der Waals surface area contributed by atoms with E-state index in [2.05, 4.69) is 10.2 Å². The maximum atomic E-state index is 13.5. The minimum atomic E-state index is -0.311. The van der Waals surface area contributed by atoms with Crippen LogP contribution in [0.2, 0.25) is 0 Å². The number of rotatable bonds is 6. The van der Waals surface area contributed by atoms with Crippen LogP contribution in [0.25, 0.3) is 0 Å². The van der Waals surface area contributed by atoms with E-state index < -0.39 is 0 Å². The lowest BCUT2D eigenvalue weighted by atomic mass is 9.96. The van der Waals surface area contributed by atoms with Gasteiger partial charge in [-0.25, -0.2) is 8.78 Å². The first-order valence-corrected chi connectivity index (χ1v) is 11.4. The van der Waals surface area contributed by atoms with Crippen molar-refractivity contribution in [2.45, 2.75) is 19.4 Å². The van der Waals surface area contributed by atoms with E-state index in [1.807, 2.05) is 0 Å². The number of anilines is 1. The third-order valence-corrected chi connectivity index (χ3v) is 6.05. The number of piperazine rings is 1. The molecule has 0 aliphatic carbocycles. The number of benzene rings is 3. The van der Waals surface area contributed by atoms with E-state index >= 15 is 0 Å². The molecule has 0 atom stereocenters. The van der Waals surface area contributed by atoms with E-state index in [0.717, 1.165) is 11.1 Å². The van der Waals surface area contributed by atoms with Crippen LogP contribution in [0.1, 0.15) is 40.9 Å². The zero-order chi connectivity index (χ0) is 24.1. The van der Waals surface area contributed by atoms with Crippen LogP contribution in [-0.2, 0) is 4.79 Å². The number of carbonyl (C=O) groups excluding carboxylic acids is 2. The van der Waals surface area contributed by atoms with E-state index in [9.17, 15) is 18.4 Å². The third kappa shape index (κ3) is 5.48. The molecule has 0 radical (unpaired) electrons. The first kappa shape index (κ1) is 23.6. The van der Waals surface area contributed by atoms with Gasteiger partial charge in [0.25, 0.3) is 5.91 Å². The van der Waals surface area contributed by atoms with Gasteiger partial charge in [-0.05, 0) is 53.6 Å². The normalized spacial score (nSPS) is 14.3. The zero-order valence-electron chi connectivity index (χ0n) is 19.0. The summed E-state index contributed by atoms with van der Waals surface area (Å²) >= 11 is 0. The number of hydrogen-bond acceptors (Lipinski definition) is 3. The van der Waals surface area contributed by atoms with Crippen LogP contribution < -0.4 is 5.32 Å². The molecule has 0 spiro atoms. The number of hydrogen-bond donors (Lipinski definition) is 1. The Morgan fingerprint density at radius 3 is 1.94 bits per heavy atom. The Kier molecular flexibility index (Phi) is 7.33. The summed E-state index contributed by atoms with van der Waals surface area (Å²) < 4.78 is 27.1. The van der Waals surface area contributed by atoms with Crippen molar-refractivity contribution in [2.24, 2.45) is 0 Å². The van der Waals surface area contributed by atoms with Gasteiger partial charge in [-0.2, -0.15) is 0 Å². The molecule has 1 fully saturated rings. The molecule has 4 rings (SSSR count). The van der Waals surface area contributed by atoms with Crippen LogP contribution in [0.3, 0.4) is 0 Å². The van der Waals surface area contributed by atoms with Crippen LogP contribution in [0.5, 0.6) is 0 Å². The van der Waals surface area contributed by atoms with Gasteiger partial charge in [0.1, 0.15) is 11.6 Å². The van der Waals surface area contributed by atoms with Crippen molar-refractivity contribution in [3.8, 4) is 0 Å². The van der Waals surface area contributed by atoms with E-state index in [0.29, 0.717) is 43.9 Å². The number of amides is 2. The Hall–Kier alpha value is -3.58. The number of nitrogens with one attached hydrogen (secondary N) is 1. The molecular formula is C27H27F2N3O2. The molecule has 5 nitrogen and oxygen atoms in total. The van der Waals surface area contributed by atoms with E-state index in [-0.39, 0.29) is 29.5 Å². The summed E-state index contributed by atoms with van der Waals surface area (Å²) in [4.78, 5) is 28.8. The molecule has 0 saturated carbocycles. The van der Waals surface area contributed by atoms with Crippen LogP contribution in [0.15, 0.2) is 72.8 Å². The van der Waals surface area contributed by atoms with Crippen molar-refractivity contribution in [3.05, 3.63) is 101 Å². The Morgan fingerprint density at radius 2 is 1.41 bits per heavy atom. The molecule has 2 amide bonds. The SMILES string of the molecule is CCC(=O)Nc1cccc(C(=O)N2CCN(C(c3ccc(F)cc3)c3ccc(F)cc3)CC2)c1. The van der Waals surface area contributed by atoms with Crippen molar-refractivity contribution in [1.29, 1.82) is 0 Å². The van der Waals surface area contributed by atoms with Gasteiger partial charge in [-0.15, -0.1) is 0 Å². The largest absolute Gasteiger partial charge is 0.336 e. The molecule has 3 aromatic carbocycles. The van der Waals surface area contributed by atoms with Gasteiger partial charge in [-0.1, -0.05) is 37.3 Å². The fourth-order valence-corrected chi connectivity index (χ4v) is 4.25. The fourth-order valence-electron chi connectivity index (χ4n) is 4.25. The quantitative estimate of drug-likeness (QED) is 0.568. The van der Waals surface area contributed by atoms with Crippen molar-refractivity contribution in [3.63, 3.8) is 0 Å². The summed E-state index contributed by atoms with van der Waals surface area (Å²) in [6.45, 7) is 4.02. The molecule has 1 aliphatic rings. The van der Waals surface area contributed by atoms with Crippen molar-refractivity contribution < 1.29 is 18.4 Å². The Bertz CT molecular complexity index is 1100. The van der Waals surface area contributed by atoms with Crippen LogP contribution in [0, 0.1) is 11.6 Å². The highest BCUT2D eigenvalue weighted by Crippen LogP contribution is 2.30. The summed E-state index contributed by atoms with van der Waals surface area (Å²) in [5.41, 5.74) is 2.94. The van der Waals surface area contributed by atoms with Gasteiger partial charge in [0.2, 0.25) is 5.91 Å². The van der Waals surface area contributed by atoms with E-state index in [1.54, 1.807) is 60.4 Å². The molecule has 3 aromatic rings. The molecule has 0 aromatic heterocycles. The fraction of sp³-hybridized carbons (Fsp3) is 0.259. The topological polar surface area (TPSA) is 52.7 Å². The molecule has 1 aliphatic heterocycles. The Labute approximate surface area is 198 Å². The van der Waals surface area contributed by atoms with Crippen molar-refractivity contribution in [2.75, 3.05) is 31.5 Å². The highest BCUT2D eigenvalue weighted by Gasteiger charge is 2.29. The standard InChI is InChI=1S/C27H27F2N3O2/c1-2-25(33)30-24-5-3-4-21(18-24)27(34)32-16-14-31(15-17-32)26(19-6-10-22(28)11-7-19)20-8-12-23(29)13-9-20/h3-13,18,26H,2,14-17H2,1H3,(H,30,33). The Morgan fingerprint density at radius 1 is 0.853 bits per heavy atom. The second-order valence-electron chi connectivity index (χ2n) is 8.32. The van der Waals surface area contributed by atoms with Crippen LogP contribution >= 0.6 is 0 Å². The van der Waals surface area contributed by atoms with E-state index in [4.69, 9.17) is 0 Å². The number of nitrogens with zero attached hydrogens (tertiary/aromatic N) is 2. The molecule has 7 heteroatoms. The second kappa shape index (κ2) is 10.6. The van der Waals surface area contributed by atoms with Gasteiger partial charge in [0, 0.05) is 43.9 Å². The van der Waals surface area contributed by atoms with Crippen molar-refractivity contribution >= 4 is 17.5 Å². The van der Waals surface area contributed by atoms with Crippen molar-refractivity contribution in [1.82, 2.24) is 9.80 Å². The van der Waals surface area contributed by atoms with E-state index in [1.165, 1.54) is 24.3 Å². The van der Waals surface area contributed by atoms with Crippen LogP contribution in [-0.4, -0.2) is 47.8 Å². The van der Waals surface area contributed by atoms with Gasteiger partial charge >= 0.3 is 0 Å². The van der Waals surface area contributed by atoms with Crippen LogP contribution in [0.4, 0.5) is 14.5 Å². The molecule has 1 N–H and O–H groups in total. The van der Waals surface area contributed by atoms with Gasteiger partial charge in [-0.3, -0.25) is 14.5 Å². The molecule has 0 unspecified atom stereocenters. The summed E-state index contributed by atoms with van der Waals surface area (Å²) in [7, 11) is 0. The zero-order valence-corrected chi connectivity index (χ0v) is 19.0. The highest BCUT2D eigenvalue weighted by atomic mass is 19.1. The maximum Gasteiger partial charge on any atom is 0.254 e. The lowest BCUT2D eigenvalue weighted by Crippen LogP contribution is -2.49. The molecular weight excluding hydrogens is 436 g/mol. The third-order valence-electron chi connectivity index (χ3n) is 6.05. The average molecular weight is 464 g/mol. The van der Waals surface area contributed by atoms with Gasteiger partial charge in [0.15, 0.2) is 0 Å². The molecule has 34 heavy (non-hydrogen) atoms. The van der Waals surface area contributed by atoms with Gasteiger partial charge < -0.3 is 10.2 Å². The minimum Gasteiger partial charge on any atom is -0.336 e. The summed E-state index contributed by atoms with van der Waals surface area (Å²) in [5, 5.41) is 2.78. The number of carbonyl (C=O) groups is 2. The predicted molar refractivity (Wildman–Crippen MR) is 127 cm³/mol. The minimum absolute atomic E-state index is 0.0904. The molecule has 176 valence electrons. The summed E-state index contributed by atoms with van der Waals surface area (Å²) in [5.74, 6) is -0.818. The molecule has 0 bridgehead atoms. The molecule has 1 heterocycles. The summed E-state index contributed by atoms with van der Waals surface area (Å²) in [6.07, 6.45) is 0.364. The smallest absolute Gasteiger partial charge is 0.254 e. The maximum absolute atomic E-state index is 13.5. The lowest BCUT2D eigenvalue weighted by molar-refractivity contribution is -0.115. The molecule has 1 saturated heterocycles. The number of halogens is 2. The van der Waals surface area contributed by atoms with Gasteiger partial charge in [0.05, 0.1) is 6.04 Å². The predicted octanol–water partition coefficient (Wildman–Crippen LogP) is 4.86.